The van der Waals surface area contributed by atoms with Crippen LogP contribution in [0.5, 0.6) is 0 Å². The number of hydrogen-bond donors (Lipinski definition) is 4. The topological polar surface area (TPSA) is 113 Å². The second kappa shape index (κ2) is 8.85. The predicted octanol–water partition coefficient (Wildman–Crippen LogP) is 4.59. The van der Waals surface area contributed by atoms with E-state index < -0.39 is 5.97 Å². The molecule has 2 aromatic carbocycles. The third-order valence-corrected chi connectivity index (χ3v) is 4.31. The number of rotatable bonds is 8. The molecule has 0 radical (unpaired) electrons. The van der Waals surface area contributed by atoms with Crippen molar-refractivity contribution in [3.05, 3.63) is 66.0 Å². The van der Waals surface area contributed by atoms with Crippen LogP contribution in [0.3, 0.4) is 0 Å². The molecular formula is C21H23N5O2. The Hall–Kier alpha value is -3.61. The highest BCUT2D eigenvalue weighted by atomic mass is 16.4. The highest BCUT2D eigenvalue weighted by Gasteiger charge is 2.09. The minimum Gasteiger partial charge on any atom is -0.478 e. The highest BCUT2D eigenvalue weighted by molar-refractivity contribution is 5.88. The van der Waals surface area contributed by atoms with Gasteiger partial charge in [0.15, 0.2) is 11.6 Å². The number of aromatic carboxylic acids is 1. The second-order valence-corrected chi connectivity index (χ2v) is 6.42. The number of benzene rings is 2. The summed E-state index contributed by atoms with van der Waals surface area (Å²) in [6.45, 7) is 2.18. The lowest BCUT2D eigenvalue weighted by Gasteiger charge is -2.13. The van der Waals surface area contributed by atoms with Gasteiger partial charge in [0.2, 0.25) is 0 Å². The lowest BCUT2D eigenvalue weighted by molar-refractivity contribution is 0.0697. The van der Waals surface area contributed by atoms with Gasteiger partial charge < -0.3 is 21.5 Å². The van der Waals surface area contributed by atoms with E-state index in [-0.39, 0.29) is 5.56 Å². The normalized spacial score (nSPS) is 10.5. The fourth-order valence-corrected chi connectivity index (χ4v) is 2.70. The van der Waals surface area contributed by atoms with Gasteiger partial charge in [-0.2, -0.15) is 0 Å². The monoisotopic (exact) mass is 377 g/mol. The molecule has 0 unspecified atom stereocenters. The SMILES string of the molecule is CCCCc1ccc(Nc2ncnc(Nc3ccc(C(=O)O)cc3)c2N)cc1. The molecule has 5 N–H and O–H groups in total. The van der Waals surface area contributed by atoms with E-state index in [0.717, 1.165) is 12.1 Å². The Bertz CT molecular complexity index is 940. The van der Waals surface area contributed by atoms with Gasteiger partial charge in [-0.05, 0) is 54.8 Å². The smallest absolute Gasteiger partial charge is 0.335 e. The second-order valence-electron chi connectivity index (χ2n) is 6.42. The van der Waals surface area contributed by atoms with E-state index in [9.17, 15) is 4.79 Å². The van der Waals surface area contributed by atoms with Crippen molar-refractivity contribution in [2.24, 2.45) is 0 Å². The maximum Gasteiger partial charge on any atom is 0.335 e. The van der Waals surface area contributed by atoms with E-state index in [0.29, 0.717) is 23.0 Å². The van der Waals surface area contributed by atoms with Crippen LogP contribution in [0.4, 0.5) is 28.7 Å². The van der Waals surface area contributed by atoms with Gasteiger partial charge in [0.05, 0.1) is 5.56 Å². The summed E-state index contributed by atoms with van der Waals surface area (Å²) in [5.74, 6) is -0.0265. The van der Waals surface area contributed by atoms with Gasteiger partial charge in [-0.25, -0.2) is 14.8 Å². The molecule has 0 amide bonds. The van der Waals surface area contributed by atoms with Crippen LogP contribution in [0, 0.1) is 0 Å². The number of carboxylic acid groups (broad SMARTS) is 1. The van der Waals surface area contributed by atoms with Crippen molar-refractivity contribution >= 4 is 34.7 Å². The first-order valence-corrected chi connectivity index (χ1v) is 9.13. The molecule has 1 aromatic heterocycles. The standard InChI is InChI=1S/C21H23N5O2/c1-2-3-4-14-5-9-16(10-6-14)25-19-18(22)20(24-13-23-19)26-17-11-7-15(8-12-17)21(27)28/h5-13H,2-4,22H2,1H3,(H,27,28)(H2,23,24,25,26). The number of nitrogen functional groups attached to an aromatic ring is 1. The first kappa shape index (κ1) is 19.2. The third-order valence-electron chi connectivity index (χ3n) is 4.31. The molecular weight excluding hydrogens is 354 g/mol. The van der Waals surface area contributed by atoms with Crippen molar-refractivity contribution in [3.8, 4) is 0 Å². The molecule has 7 nitrogen and oxygen atoms in total. The maximum atomic E-state index is 10.9. The van der Waals surface area contributed by atoms with Crippen molar-refractivity contribution in [1.29, 1.82) is 0 Å². The molecule has 0 saturated carbocycles. The van der Waals surface area contributed by atoms with E-state index in [1.54, 1.807) is 12.1 Å². The van der Waals surface area contributed by atoms with Gasteiger partial charge in [-0.1, -0.05) is 25.5 Å². The van der Waals surface area contributed by atoms with Gasteiger partial charge in [-0.3, -0.25) is 0 Å². The largest absolute Gasteiger partial charge is 0.478 e. The lowest BCUT2D eigenvalue weighted by Crippen LogP contribution is -2.05. The molecule has 1 heterocycles. The minimum absolute atomic E-state index is 0.214. The Kier molecular flexibility index (Phi) is 6.06. The number of unbranched alkanes of at least 4 members (excludes halogenated alkanes) is 1. The Balaban J connectivity index is 1.72. The van der Waals surface area contributed by atoms with Gasteiger partial charge in [0, 0.05) is 11.4 Å². The number of hydrogen-bond acceptors (Lipinski definition) is 6. The Morgan fingerprint density at radius 1 is 0.964 bits per heavy atom. The molecule has 0 atom stereocenters. The van der Waals surface area contributed by atoms with Crippen LogP contribution >= 0.6 is 0 Å². The summed E-state index contributed by atoms with van der Waals surface area (Å²) in [6.07, 6.45) is 4.84. The van der Waals surface area contributed by atoms with E-state index >= 15 is 0 Å². The predicted molar refractivity (Wildman–Crippen MR) is 111 cm³/mol. The Morgan fingerprint density at radius 3 is 2.00 bits per heavy atom. The number of nitrogens with two attached hydrogens (primary N) is 1. The summed E-state index contributed by atoms with van der Waals surface area (Å²) >= 11 is 0. The van der Waals surface area contributed by atoms with Gasteiger partial charge in [0.25, 0.3) is 0 Å². The van der Waals surface area contributed by atoms with Crippen LogP contribution in [0.2, 0.25) is 0 Å². The molecule has 0 fully saturated rings. The first-order chi connectivity index (χ1) is 13.6. The van der Waals surface area contributed by atoms with Crippen molar-refractivity contribution in [2.75, 3.05) is 16.4 Å². The molecule has 0 bridgehead atoms. The molecule has 3 rings (SSSR count). The summed E-state index contributed by atoms with van der Waals surface area (Å²) < 4.78 is 0. The van der Waals surface area contributed by atoms with Crippen LogP contribution < -0.4 is 16.4 Å². The number of carboxylic acids is 1. The Labute approximate surface area is 163 Å². The number of anilines is 5. The summed E-state index contributed by atoms with van der Waals surface area (Å²) in [6, 6.07) is 14.6. The Morgan fingerprint density at radius 2 is 1.50 bits per heavy atom. The van der Waals surface area contributed by atoms with Gasteiger partial charge in [-0.15, -0.1) is 0 Å². The molecule has 144 valence electrons. The van der Waals surface area contributed by atoms with Crippen LogP contribution in [-0.4, -0.2) is 21.0 Å². The zero-order valence-corrected chi connectivity index (χ0v) is 15.6. The summed E-state index contributed by atoms with van der Waals surface area (Å²) in [5, 5.41) is 15.3. The summed E-state index contributed by atoms with van der Waals surface area (Å²) in [4.78, 5) is 19.3. The molecule has 0 aliphatic carbocycles. The lowest BCUT2D eigenvalue weighted by atomic mass is 10.1. The number of aromatic nitrogens is 2. The van der Waals surface area contributed by atoms with Crippen molar-refractivity contribution in [3.63, 3.8) is 0 Å². The maximum absolute atomic E-state index is 10.9. The van der Waals surface area contributed by atoms with E-state index in [4.69, 9.17) is 10.8 Å². The number of aryl methyl sites for hydroxylation is 1. The average molecular weight is 377 g/mol. The zero-order valence-electron chi connectivity index (χ0n) is 15.6. The summed E-state index contributed by atoms with van der Waals surface area (Å²) in [5.41, 5.74) is 9.67. The average Bonchev–Trinajstić information content (AvgIpc) is 2.71. The minimum atomic E-state index is -0.972. The van der Waals surface area contributed by atoms with Crippen molar-refractivity contribution in [2.45, 2.75) is 26.2 Å². The quantitative estimate of drug-likeness (QED) is 0.454. The molecule has 0 aliphatic rings. The van der Waals surface area contributed by atoms with Gasteiger partial charge >= 0.3 is 5.97 Å². The molecule has 0 spiro atoms. The zero-order chi connectivity index (χ0) is 19.9. The van der Waals surface area contributed by atoms with Crippen LogP contribution in [0.1, 0.15) is 35.7 Å². The first-order valence-electron chi connectivity index (χ1n) is 9.13. The molecule has 0 saturated heterocycles. The third kappa shape index (κ3) is 4.76. The number of nitrogens with one attached hydrogen (secondary N) is 2. The molecule has 7 heteroatoms. The fourth-order valence-electron chi connectivity index (χ4n) is 2.70. The van der Waals surface area contributed by atoms with E-state index in [1.807, 2.05) is 12.1 Å². The number of carbonyl (C=O) groups is 1. The van der Waals surface area contributed by atoms with Crippen molar-refractivity contribution < 1.29 is 9.90 Å². The van der Waals surface area contributed by atoms with Crippen molar-refractivity contribution in [1.82, 2.24) is 9.97 Å². The van der Waals surface area contributed by atoms with E-state index in [1.165, 1.54) is 36.9 Å². The van der Waals surface area contributed by atoms with Crippen LogP contribution in [0.15, 0.2) is 54.9 Å². The fraction of sp³-hybridized carbons (Fsp3) is 0.190. The van der Waals surface area contributed by atoms with E-state index in [2.05, 4.69) is 39.7 Å². The van der Waals surface area contributed by atoms with Crippen LogP contribution in [0.25, 0.3) is 0 Å². The number of nitrogens with zero attached hydrogens (tertiary/aromatic N) is 2. The highest BCUT2D eigenvalue weighted by Crippen LogP contribution is 2.28. The van der Waals surface area contributed by atoms with Gasteiger partial charge in [0.1, 0.15) is 12.0 Å². The summed E-state index contributed by atoms with van der Waals surface area (Å²) in [7, 11) is 0. The molecule has 3 aromatic rings. The molecule has 28 heavy (non-hydrogen) atoms. The molecule has 0 aliphatic heterocycles. The van der Waals surface area contributed by atoms with Crippen LogP contribution in [-0.2, 0) is 6.42 Å².